The van der Waals surface area contributed by atoms with Crippen LogP contribution in [0.15, 0.2) is 40.2 Å². The van der Waals surface area contributed by atoms with E-state index >= 15 is 0 Å². The Labute approximate surface area is 120 Å². The second-order valence-electron chi connectivity index (χ2n) is 4.77. The van der Waals surface area contributed by atoms with E-state index in [1.807, 2.05) is 6.92 Å². The predicted octanol–water partition coefficient (Wildman–Crippen LogP) is 0.0763. The minimum atomic E-state index is -0.737. The summed E-state index contributed by atoms with van der Waals surface area (Å²) in [6.07, 6.45) is 2.83. The van der Waals surface area contributed by atoms with Crippen LogP contribution in [-0.2, 0) is 18.4 Å². The lowest BCUT2D eigenvalue weighted by Crippen LogP contribution is -2.41. The highest BCUT2D eigenvalue weighted by atomic mass is 16.2. The molecule has 0 aliphatic carbocycles. The Bertz CT molecular complexity index is 805. The highest BCUT2D eigenvalue weighted by molar-refractivity contribution is 5.91. The molecule has 0 fully saturated rings. The lowest BCUT2D eigenvalue weighted by molar-refractivity contribution is -0.116. The molecular formula is C14H16N4O3. The van der Waals surface area contributed by atoms with Crippen molar-refractivity contribution in [2.75, 3.05) is 11.1 Å². The van der Waals surface area contributed by atoms with Gasteiger partial charge in [-0.1, -0.05) is 6.07 Å². The molecule has 2 rings (SSSR count). The zero-order valence-corrected chi connectivity index (χ0v) is 11.8. The zero-order valence-electron chi connectivity index (χ0n) is 11.8. The topological polar surface area (TPSA) is 99.1 Å². The van der Waals surface area contributed by atoms with Gasteiger partial charge in [0.2, 0.25) is 5.91 Å². The summed E-state index contributed by atoms with van der Waals surface area (Å²) in [6, 6.07) is 5.14. The number of aryl methyl sites for hydroxylation is 2. The molecule has 0 radical (unpaired) electrons. The normalized spacial score (nSPS) is 10.4. The van der Waals surface area contributed by atoms with Gasteiger partial charge >= 0.3 is 11.1 Å². The van der Waals surface area contributed by atoms with E-state index in [4.69, 9.17) is 5.73 Å². The first kappa shape index (κ1) is 14.6. The Kier molecular flexibility index (Phi) is 3.93. The summed E-state index contributed by atoms with van der Waals surface area (Å²) in [4.78, 5) is 35.1. The number of nitrogens with two attached hydrogens (primary N) is 1. The van der Waals surface area contributed by atoms with Crippen LogP contribution in [0.4, 0.5) is 11.4 Å². The number of hydrogen-bond acceptors (Lipinski definition) is 4. The molecule has 2 aromatic rings. The molecule has 21 heavy (non-hydrogen) atoms. The molecule has 0 unspecified atom stereocenters. The van der Waals surface area contributed by atoms with Crippen LogP contribution in [-0.4, -0.2) is 15.0 Å². The van der Waals surface area contributed by atoms with Gasteiger partial charge in [0.25, 0.3) is 0 Å². The summed E-state index contributed by atoms with van der Waals surface area (Å²) in [5.74, 6) is -0.409. The van der Waals surface area contributed by atoms with Gasteiger partial charge in [0.05, 0.1) is 0 Å². The van der Waals surface area contributed by atoms with E-state index in [9.17, 15) is 14.4 Å². The third-order valence-electron chi connectivity index (χ3n) is 3.11. The smallest absolute Gasteiger partial charge is 0.316 e. The second-order valence-corrected chi connectivity index (χ2v) is 4.77. The predicted molar refractivity (Wildman–Crippen MR) is 80.2 cm³/mol. The Morgan fingerprint density at radius 2 is 1.95 bits per heavy atom. The number of benzene rings is 1. The van der Waals surface area contributed by atoms with Gasteiger partial charge in [-0.25, -0.2) is 0 Å². The van der Waals surface area contributed by atoms with Crippen LogP contribution in [0.2, 0.25) is 0 Å². The summed E-state index contributed by atoms with van der Waals surface area (Å²) >= 11 is 0. The fourth-order valence-corrected chi connectivity index (χ4v) is 1.79. The average Bonchev–Trinajstić information content (AvgIpc) is 2.44. The average molecular weight is 288 g/mol. The van der Waals surface area contributed by atoms with Crippen molar-refractivity contribution in [2.45, 2.75) is 13.5 Å². The molecule has 1 amide bonds. The van der Waals surface area contributed by atoms with Gasteiger partial charge in [-0.2, -0.15) is 0 Å². The molecule has 1 aromatic heterocycles. The quantitative estimate of drug-likeness (QED) is 0.617. The molecule has 110 valence electrons. The van der Waals surface area contributed by atoms with E-state index in [-0.39, 0.29) is 6.54 Å². The van der Waals surface area contributed by atoms with Gasteiger partial charge in [-0.3, -0.25) is 19.0 Å². The first-order valence-corrected chi connectivity index (χ1v) is 6.30. The number of carbonyl (C=O) groups excluding carboxylic acids is 1. The summed E-state index contributed by atoms with van der Waals surface area (Å²) in [6.45, 7) is 1.63. The highest BCUT2D eigenvalue weighted by Gasteiger charge is 2.08. The van der Waals surface area contributed by atoms with Gasteiger partial charge in [0, 0.05) is 30.8 Å². The number of amides is 1. The number of anilines is 2. The molecule has 7 heteroatoms. The number of hydrogen-bond donors (Lipinski definition) is 2. The fraction of sp³-hybridized carbons (Fsp3) is 0.214. The van der Waals surface area contributed by atoms with Crippen molar-refractivity contribution >= 4 is 17.3 Å². The minimum absolute atomic E-state index is 0.233. The van der Waals surface area contributed by atoms with Crippen LogP contribution < -0.4 is 22.2 Å². The van der Waals surface area contributed by atoms with Crippen molar-refractivity contribution in [3.63, 3.8) is 0 Å². The Balaban J connectivity index is 2.15. The molecule has 0 aliphatic rings. The molecule has 0 bridgehead atoms. The summed E-state index contributed by atoms with van der Waals surface area (Å²) < 4.78 is 2.23. The molecule has 0 saturated carbocycles. The third kappa shape index (κ3) is 3.19. The van der Waals surface area contributed by atoms with Gasteiger partial charge in [0.1, 0.15) is 6.54 Å². The van der Waals surface area contributed by atoms with E-state index in [1.165, 1.54) is 19.4 Å². The molecule has 1 heterocycles. The zero-order chi connectivity index (χ0) is 15.6. The Morgan fingerprint density at radius 3 is 2.62 bits per heavy atom. The maximum atomic E-state index is 11.9. The number of aromatic nitrogens is 2. The fourth-order valence-electron chi connectivity index (χ4n) is 1.79. The lowest BCUT2D eigenvalue weighted by atomic mass is 10.2. The van der Waals surface area contributed by atoms with Gasteiger partial charge in [0.15, 0.2) is 0 Å². The first-order chi connectivity index (χ1) is 9.88. The summed E-state index contributed by atoms with van der Waals surface area (Å²) in [5.41, 5.74) is 6.37. The molecule has 0 spiro atoms. The third-order valence-corrected chi connectivity index (χ3v) is 3.11. The van der Waals surface area contributed by atoms with Crippen LogP contribution in [0.5, 0.6) is 0 Å². The van der Waals surface area contributed by atoms with Crippen molar-refractivity contribution in [3.05, 3.63) is 56.9 Å². The Morgan fingerprint density at radius 1 is 1.24 bits per heavy atom. The van der Waals surface area contributed by atoms with Crippen LogP contribution in [0.3, 0.4) is 0 Å². The first-order valence-electron chi connectivity index (χ1n) is 6.30. The van der Waals surface area contributed by atoms with E-state index in [1.54, 1.807) is 18.2 Å². The molecule has 0 saturated heterocycles. The van der Waals surface area contributed by atoms with Gasteiger partial charge in [-0.05, 0) is 24.6 Å². The molecule has 7 nitrogen and oxygen atoms in total. The minimum Gasteiger partial charge on any atom is -0.398 e. The number of nitrogen functional groups attached to an aromatic ring is 1. The van der Waals surface area contributed by atoms with Crippen molar-refractivity contribution in [2.24, 2.45) is 7.05 Å². The molecule has 0 aliphatic heterocycles. The van der Waals surface area contributed by atoms with Crippen molar-refractivity contribution in [3.8, 4) is 0 Å². The summed E-state index contributed by atoms with van der Waals surface area (Å²) in [5, 5.41) is 2.63. The lowest BCUT2D eigenvalue weighted by Gasteiger charge is -2.09. The van der Waals surface area contributed by atoms with Crippen molar-refractivity contribution < 1.29 is 4.79 Å². The van der Waals surface area contributed by atoms with E-state index in [2.05, 4.69) is 5.32 Å². The molecular weight excluding hydrogens is 272 g/mol. The highest BCUT2D eigenvalue weighted by Crippen LogP contribution is 2.16. The number of carbonyl (C=O) groups is 1. The van der Waals surface area contributed by atoms with E-state index in [0.29, 0.717) is 11.4 Å². The number of rotatable bonds is 3. The monoisotopic (exact) mass is 288 g/mol. The maximum absolute atomic E-state index is 11.9. The van der Waals surface area contributed by atoms with Crippen LogP contribution in [0.1, 0.15) is 5.56 Å². The standard InChI is InChI=1S/C14H16N4O3/c1-9-3-4-10(7-11(9)15)16-12(19)8-18-6-5-17(2)13(20)14(18)21/h3-7H,8,15H2,1-2H3,(H,16,19). The Hall–Kier alpha value is -2.83. The number of nitrogens with zero attached hydrogens (tertiary/aromatic N) is 2. The van der Waals surface area contributed by atoms with E-state index < -0.39 is 17.0 Å². The molecule has 1 aromatic carbocycles. The van der Waals surface area contributed by atoms with Gasteiger partial charge in [-0.15, -0.1) is 0 Å². The largest absolute Gasteiger partial charge is 0.398 e. The van der Waals surface area contributed by atoms with E-state index in [0.717, 1.165) is 14.7 Å². The number of nitrogens with one attached hydrogen (secondary N) is 1. The molecule has 3 N–H and O–H groups in total. The summed E-state index contributed by atoms with van der Waals surface area (Å²) in [7, 11) is 1.48. The van der Waals surface area contributed by atoms with Crippen LogP contribution in [0, 0.1) is 6.92 Å². The maximum Gasteiger partial charge on any atom is 0.316 e. The van der Waals surface area contributed by atoms with Gasteiger partial charge < -0.3 is 15.6 Å². The van der Waals surface area contributed by atoms with Crippen LogP contribution >= 0.6 is 0 Å². The SMILES string of the molecule is Cc1ccc(NC(=O)Cn2ccn(C)c(=O)c2=O)cc1N. The molecule has 0 atom stereocenters. The van der Waals surface area contributed by atoms with Crippen molar-refractivity contribution in [1.82, 2.24) is 9.13 Å². The van der Waals surface area contributed by atoms with Crippen molar-refractivity contribution in [1.29, 1.82) is 0 Å². The second kappa shape index (κ2) is 5.66. The van der Waals surface area contributed by atoms with Crippen LogP contribution in [0.25, 0.3) is 0 Å².